The number of fused-ring (bicyclic) bond motifs is 1. The van der Waals surface area contributed by atoms with Gasteiger partial charge in [0.2, 0.25) is 0 Å². The van der Waals surface area contributed by atoms with E-state index in [0.29, 0.717) is 11.4 Å². The molecule has 3 rings (SSSR count). The molecule has 0 aromatic heterocycles. The van der Waals surface area contributed by atoms with Gasteiger partial charge >= 0.3 is 0 Å². The molecule has 0 saturated heterocycles. The second-order valence-corrected chi connectivity index (χ2v) is 7.75. The maximum atomic E-state index is 12.7. The van der Waals surface area contributed by atoms with Gasteiger partial charge < -0.3 is 10.1 Å². The van der Waals surface area contributed by atoms with Crippen molar-refractivity contribution < 1.29 is 17.9 Å². The maximum Gasteiger partial charge on any atom is 0.265 e. The molecular weight excluding hydrogens is 364 g/mol. The Morgan fingerprint density at radius 2 is 2.04 bits per heavy atom. The summed E-state index contributed by atoms with van der Waals surface area (Å²) in [5.41, 5.74) is 1.81. The highest BCUT2D eigenvalue weighted by molar-refractivity contribution is 7.92. The molecule has 2 aromatic rings. The number of benzene rings is 2. The lowest BCUT2D eigenvalue weighted by Crippen LogP contribution is -2.34. The van der Waals surface area contributed by atoms with Crippen molar-refractivity contribution in [3.63, 3.8) is 0 Å². The van der Waals surface area contributed by atoms with Gasteiger partial charge in [-0.2, -0.15) is 0 Å². The Balaban J connectivity index is 1.97. The van der Waals surface area contributed by atoms with Crippen molar-refractivity contribution in [1.29, 1.82) is 0 Å². The van der Waals surface area contributed by atoms with E-state index in [-0.39, 0.29) is 21.6 Å². The van der Waals surface area contributed by atoms with Gasteiger partial charge in [0.25, 0.3) is 15.9 Å². The summed E-state index contributed by atoms with van der Waals surface area (Å²) >= 11 is 6.13. The SMILES string of the molecule is CCc1cccc(NS(=O)(=O)c2cc3c(cc2Cl)NC(=O)C(C)O3)c1. The van der Waals surface area contributed by atoms with Crippen molar-refractivity contribution >= 4 is 38.9 Å². The molecule has 1 aliphatic heterocycles. The summed E-state index contributed by atoms with van der Waals surface area (Å²) in [5, 5.41) is 2.63. The highest BCUT2D eigenvalue weighted by Gasteiger charge is 2.28. The number of halogens is 1. The lowest BCUT2D eigenvalue weighted by atomic mass is 10.1. The Morgan fingerprint density at radius 3 is 2.76 bits per heavy atom. The van der Waals surface area contributed by atoms with Gasteiger partial charge in [-0.3, -0.25) is 9.52 Å². The Morgan fingerprint density at radius 1 is 1.28 bits per heavy atom. The summed E-state index contributed by atoms with van der Waals surface area (Å²) < 4.78 is 33.4. The van der Waals surface area contributed by atoms with Gasteiger partial charge in [0.1, 0.15) is 10.6 Å². The van der Waals surface area contributed by atoms with E-state index in [1.165, 1.54) is 12.1 Å². The second kappa shape index (κ2) is 6.57. The van der Waals surface area contributed by atoms with Crippen LogP contribution in [-0.4, -0.2) is 20.4 Å². The monoisotopic (exact) mass is 380 g/mol. The fourth-order valence-electron chi connectivity index (χ4n) is 2.48. The standard InChI is InChI=1S/C17H17ClN2O4S/c1-3-11-5-4-6-12(7-11)20-25(22,23)16-9-15-14(8-13(16)18)19-17(21)10(2)24-15/h4-10,20H,3H2,1-2H3,(H,19,21). The lowest BCUT2D eigenvalue weighted by Gasteiger charge is -2.24. The van der Waals surface area contributed by atoms with E-state index in [1.807, 2.05) is 13.0 Å². The van der Waals surface area contributed by atoms with E-state index >= 15 is 0 Å². The van der Waals surface area contributed by atoms with Crippen LogP contribution in [0.2, 0.25) is 5.02 Å². The van der Waals surface area contributed by atoms with Crippen molar-refractivity contribution in [1.82, 2.24) is 0 Å². The van der Waals surface area contributed by atoms with Gasteiger partial charge in [-0.05, 0) is 37.1 Å². The van der Waals surface area contributed by atoms with Crippen LogP contribution in [0.4, 0.5) is 11.4 Å². The average Bonchev–Trinajstić information content (AvgIpc) is 2.55. The predicted molar refractivity (Wildman–Crippen MR) is 96.8 cm³/mol. The molecule has 2 aromatic carbocycles. The number of nitrogens with one attached hydrogen (secondary N) is 2. The first-order valence-corrected chi connectivity index (χ1v) is 9.59. The summed E-state index contributed by atoms with van der Waals surface area (Å²) in [6.07, 6.45) is 0.0825. The van der Waals surface area contributed by atoms with Crippen LogP contribution in [0, 0.1) is 0 Å². The number of carbonyl (C=O) groups excluding carboxylic acids is 1. The van der Waals surface area contributed by atoms with Crippen LogP contribution in [0.3, 0.4) is 0 Å². The second-order valence-electron chi connectivity index (χ2n) is 5.69. The first-order chi connectivity index (χ1) is 11.8. The summed E-state index contributed by atoms with van der Waals surface area (Å²) in [5.74, 6) is -0.0483. The van der Waals surface area contributed by atoms with E-state index in [4.69, 9.17) is 16.3 Å². The third-order valence-electron chi connectivity index (χ3n) is 3.84. The number of amides is 1. The van der Waals surface area contributed by atoms with E-state index < -0.39 is 16.1 Å². The molecular formula is C17H17ClN2O4S. The van der Waals surface area contributed by atoms with Crippen LogP contribution < -0.4 is 14.8 Å². The number of carbonyl (C=O) groups is 1. The lowest BCUT2D eigenvalue weighted by molar-refractivity contribution is -0.122. The smallest absolute Gasteiger partial charge is 0.265 e. The van der Waals surface area contributed by atoms with Crippen molar-refractivity contribution in [2.75, 3.05) is 10.0 Å². The predicted octanol–water partition coefficient (Wildman–Crippen LogP) is 3.42. The van der Waals surface area contributed by atoms with E-state index in [9.17, 15) is 13.2 Å². The van der Waals surface area contributed by atoms with Crippen LogP contribution in [0.1, 0.15) is 19.4 Å². The number of ether oxygens (including phenoxy) is 1. The molecule has 1 unspecified atom stereocenters. The molecule has 0 spiro atoms. The fourth-order valence-corrected chi connectivity index (χ4v) is 4.07. The van der Waals surface area contributed by atoms with Crippen molar-refractivity contribution in [3.8, 4) is 5.75 Å². The largest absolute Gasteiger partial charge is 0.479 e. The minimum Gasteiger partial charge on any atom is -0.479 e. The summed E-state index contributed by atoms with van der Waals surface area (Å²) in [4.78, 5) is 11.5. The summed E-state index contributed by atoms with van der Waals surface area (Å²) in [7, 11) is -3.91. The molecule has 0 radical (unpaired) electrons. The molecule has 0 saturated carbocycles. The molecule has 0 aliphatic carbocycles. The summed E-state index contributed by atoms with van der Waals surface area (Å²) in [6, 6.07) is 9.83. The van der Waals surface area contributed by atoms with Gasteiger partial charge in [-0.25, -0.2) is 8.42 Å². The van der Waals surface area contributed by atoms with E-state index in [0.717, 1.165) is 12.0 Å². The molecule has 8 heteroatoms. The third kappa shape index (κ3) is 3.57. The highest BCUT2D eigenvalue weighted by Crippen LogP contribution is 2.37. The minimum absolute atomic E-state index is 0.00338. The molecule has 132 valence electrons. The molecule has 1 heterocycles. The molecule has 1 amide bonds. The maximum absolute atomic E-state index is 12.7. The van der Waals surface area contributed by atoms with Crippen molar-refractivity contribution in [2.24, 2.45) is 0 Å². The van der Waals surface area contributed by atoms with Crippen LogP contribution >= 0.6 is 11.6 Å². The average molecular weight is 381 g/mol. The Hall–Kier alpha value is -2.25. The quantitative estimate of drug-likeness (QED) is 0.851. The highest BCUT2D eigenvalue weighted by atomic mass is 35.5. The van der Waals surface area contributed by atoms with E-state index in [2.05, 4.69) is 10.0 Å². The third-order valence-corrected chi connectivity index (χ3v) is 5.69. The molecule has 2 N–H and O–H groups in total. The number of rotatable bonds is 4. The van der Waals surface area contributed by atoms with Gasteiger partial charge in [-0.15, -0.1) is 0 Å². The molecule has 1 aliphatic rings. The van der Waals surface area contributed by atoms with Crippen LogP contribution in [-0.2, 0) is 21.2 Å². The number of aryl methyl sites for hydroxylation is 1. The van der Waals surface area contributed by atoms with E-state index in [1.54, 1.807) is 25.1 Å². The molecule has 1 atom stereocenters. The molecule has 0 fully saturated rings. The number of anilines is 2. The number of hydrogen-bond donors (Lipinski definition) is 2. The van der Waals surface area contributed by atoms with Crippen LogP contribution in [0.15, 0.2) is 41.3 Å². The summed E-state index contributed by atoms with van der Waals surface area (Å²) in [6.45, 7) is 3.57. The zero-order valence-corrected chi connectivity index (χ0v) is 15.2. The molecule has 6 nitrogen and oxygen atoms in total. The van der Waals surface area contributed by atoms with Crippen molar-refractivity contribution in [2.45, 2.75) is 31.3 Å². The minimum atomic E-state index is -3.91. The zero-order valence-electron chi connectivity index (χ0n) is 13.7. The zero-order chi connectivity index (χ0) is 18.2. The van der Waals surface area contributed by atoms with Gasteiger partial charge in [0.15, 0.2) is 6.10 Å². The van der Waals surface area contributed by atoms with Crippen LogP contribution in [0.5, 0.6) is 5.75 Å². The van der Waals surface area contributed by atoms with Gasteiger partial charge in [-0.1, -0.05) is 30.7 Å². The van der Waals surface area contributed by atoms with Crippen LogP contribution in [0.25, 0.3) is 0 Å². The van der Waals surface area contributed by atoms with Gasteiger partial charge in [0.05, 0.1) is 10.7 Å². The molecule has 0 bridgehead atoms. The number of sulfonamides is 1. The fraction of sp³-hybridized carbons (Fsp3) is 0.235. The first-order valence-electron chi connectivity index (χ1n) is 7.73. The Labute approximate surface area is 151 Å². The number of hydrogen-bond acceptors (Lipinski definition) is 4. The normalized spacial score (nSPS) is 16.6. The Bertz CT molecular complexity index is 944. The van der Waals surface area contributed by atoms with Crippen molar-refractivity contribution in [3.05, 3.63) is 47.0 Å². The first kappa shape index (κ1) is 17.6. The topological polar surface area (TPSA) is 84.5 Å². The molecule has 25 heavy (non-hydrogen) atoms. The van der Waals surface area contributed by atoms with Gasteiger partial charge in [0, 0.05) is 11.8 Å². The Kier molecular flexibility index (Phi) is 4.62.